The van der Waals surface area contributed by atoms with Gasteiger partial charge in [-0.1, -0.05) is 83.9 Å². The van der Waals surface area contributed by atoms with E-state index in [9.17, 15) is 13.2 Å². The van der Waals surface area contributed by atoms with Crippen LogP contribution in [0.4, 0.5) is 13.2 Å². The molecule has 2 atom stereocenters. The Kier molecular flexibility index (Phi) is 6.84. The van der Waals surface area contributed by atoms with Crippen LogP contribution in [0.3, 0.4) is 0 Å². The van der Waals surface area contributed by atoms with E-state index < -0.39 is 6.18 Å². The Labute approximate surface area is 181 Å². The zero-order chi connectivity index (χ0) is 22.6. The first-order valence-electron chi connectivity index (χ1n) is 10.2. The summed E-state index contributed by atoms with van der Waals surface area (Å²) in [7, 11) is 0. The number of amidine groups is 1. The maximum Gasteiger partial charge on any atom is 0.386 e. The van der Waals surface area contributed by atoms with Gasteiger partial charge in [-0.05, 0) is 37.5 Å². The standard InChI is InChI=1S/C24H24N2.C2H3F3/c1-16-8-12-19(13-9-16)22-23(20-14-10-17(2)11-15-20)26-24(25-22)21-7-5-4-6-18(21)3;1-2(3,4)5/h4-15,22-23H,1-3H3,(H,25,26);1H3. The third-order valence-corrected chi connectivity index (χ3v) is 5.13. The van der Waals surface area contributed by atoms with Crippen molar-refractivity contribution in [3.8, 4) is 0 Å². The van der Waals surface area contributed by atoms with Crippen LogP contribution in [0.2, 0.25) is 0 Å². The molecule has 1 heterocycles. The highest BCUT2D eigenvalue weighted by Crippen LogP contribution is 2.37. The van der Waals surface area contributed by atoms with E-state index in [1.807, 2.05) is 0 Å². The van der Waals surface area contributed by atoms with Gasteiger partial charge < -0.3 is 5.32 Å². The number of aryl methyl sites for hydroxylation is 3. The molecule has 5 heteroatoms. The van der Waals surface area contributed by atoms with Crippen molar-refractivity contribution in [1.82, 2.24) is 5.32 Å². The quantitative estimate of drug-likeness (QED) is 0.480. The van der Waals surface area contributed by atoms with Crippen molar-refractivity contribution in [2.45, 2.75) is 46.0 Å². The van der Waals surface area contributed by atoms with Crippen LogP contribution in [-0.4, -0.2) is 12.0 Å². The lowest BCUT2D eigenvalue weighted by Gasteiger charge is -2.20. The maximum atomic E-state index is 10.4. The second kappa shape index (κ2) is 9.38. The summed E-state index contributed by atoms with van der Waals surface area (Å²) in [5, 5.41) is 3.70. The Balaban J connectivity index is 0.000000491. The number of aliphatic imine (C=N–C) groups is 1. The van der Waals surface area contributed by atoms with E-state index in [-0.39, 0.29) is 19.0 Å². The third-order valence-electron chi connectivity index (χ3n) is 5.13. The Morgan fingerprint density at radius 1 is 0.742 bits per heavy atom. The predicted octanol–water partition coefficient (Wildman–Crippen LogP) is 7.01. The second-order valence-corrected chi connectivity index (χ2v) is 7.96. The van der Waals surface area contributed by atoms with Crippen molar-refractivity contribution >= 4 is 5.84 Å². The smallest absolute Gasteiger partial charge is 0.361 e. The number of benzene rings is 3. The van der Waals surface area contributed by atoms with Crippen molar-refractivity contribution in [3.05, 3.63) is 106 Å². The molecule has 1 N–H and O–H groups in total. The number of halogens is 3. The van der Waals surface area contributed by atoms with Crippen LogP contribution in [0.1, 0.15) is 52.4 Å². The van der Waals surface area contributed by atoms with Gasteiger partial charge >= 0.3 is 6.18 Å². The highest BCUT2D eigenvalue weighted by atomic mass is 19.4. The van der Waals surface area contributed by atoms with Crippen molar-refractivity contribution in [2.24, 2.45) is 4.99 Å². The van der Waals surface area contributed by atoms with E-state index in [4.69, 9.17) is 4.99 Å². The summed E-state index contributed by atoms with van der Waals surface area (Å²) in [4.78, 5) is 5.10. The Hall–Kier alpha value is -3.08. The van der Waals surface area contributed by atoms with E-state index in [1.54, 1.807) is 0 Å². The maximum absolute atomic E-state index is 10.4. The van der Waals surface area contributed by atoms with Gasteiger partial charge in [-0.25, -0.2) is 0 Å². The van der Waals surface area contributed by atoms with Crippen LogP contribution in [-0.2, 0) is 0 Å². The average Bonchev–Trinajstić information content (AvgIpc) is 3.13. The minimum absolute atomic E-state index is 0.0768. The van der Waals surface area contributed by atoms with E-state index in [0.717, 1.165) is 5.84 Å². The Bertz CT molecular complexity index is 1030. The molecule has 0 aromatic heterocycles. The zero-order valence-electron chi connectivity index (χ0n) is 18.2. The van der Waals surface area contributed by atoms with E-state index in [0.29, 0.717) is 0 Å². The molecule has 3 aromatic carbocycles. The van der Waals surface area contributed by atoms with Gasteiger partial charge in [0, 0.05) is 12.5 Å². The Morgan fingerprint density at radius 3 is 1.74 bits per heavy atom. The summed E-state index contributed by atoms with van der Waals surface area (Å²) in [6, 6.07) is 26.2. The fourth-order valence-corrected chi connectivity index (χ4v) is 3.53. The molecule has 0 amide bonds. The van der Waals surface area contributed by atoms with Crippen molar-refractivity contribution in [2.75, 3.05) is 0 Å². The summed E-state index contributed by atoms with van der Waals surface area (Å²) < 4.78 is 31.1. The van der Waals surface area contributed by atoms with Gasteiger partial charge in [-0.2, -0.15) is 13.2 Å². The summed E-state index contributed by atoms with van der Waals surface area (Å²) in [5.74, 6) is 0.985. The van der Waals surface area contributed by atoms with Crippen LogP contribution in [0.25, 0.3) is 0 Å². The molecule has 0 saturated carbocycles. The largest absolute Gasteiger partial charge is 0.386 e. The van der Waals surface area contributed by atoms with Crippen LogP contribution < -0.4 is 5.32 Å². The molecule has 0 radical (unpaired) electrons. The van der Waals surface area contributed by atoms with Crippen molar-refractivity contribution in [3.63, 3.8) is 0 Å². The number of rotatable bonds is 3. The molecule has 4 rings (SSSR count). The molecule has 0 bridgehead atoms. The van der Waals surface area contributed by atoms with E-state index in [1.165, 1.54) is 33.4 Å². The van der Waals surface area contributed by atoms with Crippen LogP contribution in [0.5, 0.6) is 0 Å². The topological polar surface area (TPSA) is 24.4 Å². The predicted molar refractivity (Wildman–Crippen MR) is 120 cm³/mol. The first-order valence-corrected chi connectivity index (χ1v) is 10.2. The molecule has 2 unspecified atom stereocenters. The average molecular weight is 425 g/mol. The molecule has 0 aliphatic carbocycles. The number of nitrogens with zero attached hydrogens (tertiary/aromatic N) is 1. The molecular formula is C26H27F3N2. The molecular weight excluding hydrogens is 397 g/mol. The number of hydrogen-bond acceptors (Lipinski definition) is 2. The lowest BCUT2D eigenvalue weighted by molar-refractivity contribution is -0.110. The normalized spacial score (nSPS) is 18.0. The summed E-state index contributed by atoms with van der Waals surface area (Å²) in [5.41, 5.74) is 7.49. The molecule has 162 valence electrons. The molecule has 3 aromatic rings. The van der Waals surface area contributed by atoms with Gasteiger partial charge in [0.1, 0.15) is 11.9 Å². The first-order chi connectivity index (χ1) is 14.6. The summed E-state index contributed by atoms with van der Waals surface area (Å²) >= 11 is 0. The lowest BCUT2D eigenvalue weighted by Crippen LogP contribution is -2.25. The SMILES string of the molecule is CC(F)(F)F.Cc1ccc(C2N=C(c3ccccc3C)NC2c2ccc(C)cc2)cc1. The zero-order valence-corrected chi connectivity index (χ0v) is 18.2. The monoisotopic (exact) mass is 424 g/mol. The molecule has 31 heavy (non-hydrogen) atoms. The van der Waals surface area contributed by atoms with Gasteiger partial charge in [-0.3, -0.25) is 4.99 Å². The highest BCUT2D eigenvalue weighted by Gasteiger charge is 2.32. The first kappa shape index (κ1) is 22.6. The molecule has 0 saturated heterocycles. The van der Waals surface area contributed by atoms with Gasteiger partial charge in [0.05, 0.1) is 6.04 Å². The minimum atomic E-state index is -4.00. The van der Waals surface area contributed by atoms with Gasteiger partial charge in [0.25, 0.3) is 0 Å². The Morgan fingerprint density at radius 2 is 1.23 bits per heavy atom. The van der Waals surface area contributed by atoms with Gasteiger partial charge in [-0.15, -0.1) is 0 Å². The number of nitrogens with one attached hydrogen (secondary N) is 1. The molecule has 1 aliphatic heterocycles. The number of alkyl halides is 3. The minimum Gasteiger partial charge on any atom is -0.361 e. The third kappa shape index (κ3) is 6.20. The van der Waals surface area contributed by atoms with Crippen LogP contribution >= 0.6 is 0 Å². The summed E-state index contributed by atoms with van der Waals surface area (Å²) in [6.45, 7) is 6.57. The molecule has 0 spiro atoms. The van der Waals surface area contributed by atoms with Crippen molar-refractivity contribution in [1.29, 1.82) is 0 Å². The van der Waals surface area contributed by atoms with Crippen LogP contribution in [0, 0.1) is 20.8 Å². The highest BCUT2D eigenvalue weighted by molar-refractivity contribution is 6.01. The van der Waals surface area contributed by atoms with E-state index in [2.05, 4.69) is 98.9 Å². The van der Waals surface area contributed by atoms with Crippen molar-refractivity contribution < 1.29 is 13.2 Å². The van der Waals surface area contributed by atoms with Gasteiger partial charge in [0.2, 0.25) is 0 Å². The lowest BCUT2D eigenvalue weighted by atomic mass is 9.94. The molecule has 2 nitrogen and oxygen atoms in total. The fraction of sp³-hybridized carbons (Fsp3) is 0.269. The fourth-order valence-electron chi connectivity index (χ4n) is 3.53. The van der Waals surface area contributed by atoms with Gasteiger partial charge in [0.15, 0.2) is 0 Å². The molecule has 1 aliphatic rings. The van der Waals surface area contributed by atoms with Crippen LogP contribution in [0.15, 0.2) is 77.8 Å². The second-order valence-electron chi connectivity index (χ2n) is 7.96. The molecule has 0 fully saturated rings. The van der Waals surface area contributed by atoms with E-state index >= 15 is 0 Å². The number of hydrogen-bond donors (Lipinski definition) is 1. The summed E-state index contributed by atoms with van der Waals surface area (Å²) in [6.07, 6.45) is -4.00.